The van der Waals surface area contributed by atoms with E-state index >= 15 is 0 Å². The van der Waals surface area contributed by atoms with E-state index in [1.54, 1.807) is 3.21 Å². The van der Waals surface area contributed by atoms with Gasteiger partial charge in [0.05, 0.1) is 0 Å². The van der Waals surface area contributed by atoms with Crippen molar-refractivity contribution in [2.24, 2.45) is 0 Å². The topological polar surface area (TPSA) is 0 Å². The van der Waals surface area contributed by atoms with Crippen molar-refractivity contribution < 1.29 is 49.0 Å². The Balaban J connectivity index is 0.000000199. The molecule has 0 saturated heterocycles. The zero-order chi connectivity index (χ0) is 35.3. The van der Waals surface area contributed by atoms with Crippen LogP contribution in [0.15, 0.2) is 146 Å². The number of halogens is 2. The Hall–Kier alpha value is -3.48. The fraction of sp³-hybridized carbons (Fsp3) is 0.224. The molecule has 8 rings (SSSR count). The summed E-state index contributed by atoms with van der Waals surface area (Å²) in [4.78, 5) is 0. The van der Waals surface area contributed by atoms with Gasteiger partial charge >= 0.3 is 158 Å². The van der Waals surface area contributed by atoms with Crippen LogP contribution in [0.2, 0.25) is 0 Å². The van der Waals surface area contributed by atoms with E-state index < -0.39 is 0 Å². The van der Waals surface area contributed by atoms with E-state index in [-0.39, 0.29) is 35.6 Å². The van der Waals surface area contributed by atoms with Gasteiger partial charge in [0.1, 0.15) is 0 Å². The molecule has 0 heterocycles. The SMILES string of the molecule is CC(C)(C)c1[c-]c2c(cc1)-c1ccc(C(C)(C)C)cc1C2.[Cl-].[Cl-].[Zr+2]=[C](Cc1cccc2ccccc12)Cc1cccc2ccccc12.c1cc[cH-]c1. The maximum atomic E-state index is 3.67. The van der Waals surface area contributed by atoms with Gasteiger partial charge in [-0.25, -0.2) is 12.1 Å². The van der Waals surface area contributed by atoms with E-state index in [0.29, 0.717) is 0 Å². The first-order chi connectivity index (χ1) is 24.0. The van der Waals surface area contributed by atoms with Gasteiger partial charge in [0.15, 0.2) is 0 Å². The first-order valence-corrected chi connectivity index (χ1v) is 19.1. The summed E-state index contributed by atoms with van der Waals surface area (Å²) >= 11 is 1.53. The van der Waals surface area contributed by atoms with Gasteiger partial charge in [0.2, 0.25) is 0 Å². The summed E-state index contributed by atoms with van der Waals surface area (Å²) in [7, 11) is 0. The first-order valence-electron chi connectivity index (χ1n) is 17.8. The monoisotopic (exact) mass is 796 g/mol. The third kappa shape index (κ3) is 10.1. The summed E-state index contributed by atoms with van der Waals surface area (Å²) in [6.45, 7) is 13.6. The zero-order valence-electron chi connectivity index (χ0n) is 31.2. The van der Waals surface area contributed by atoms with E-state index in [1.165, 1.54) is 90.3 Å². The zero-order valence-corrected chi connectivity index (χ0v) is 35.2. The minimum Gasteiger partial charge on any atom is -0.214 e. The van der Waals surface area contributed by atoms with Crippen LogP contribution in [0.4, 0.5) is 0 Å². The summed E-state index contributed by atoms with van der Waals surface area (Å²) in [5.41, 5.74) is 11.6. The predicted molar refractivity (Wildman–Crippen MR) is 213 cm³/mol. The smallest absolute Gasteiger partial charge is 0.172 e. The summed E-state index contributed by atoms with van der Waals surface area (Å²) in [5.74, 6) is 0. The van der Waals surface area contributed by atoms with E-state index in [0.717, 1.165) is 19.3 Å². The molecule has 0 aromatic heterocycles. The second kappa shape index (κ2) is 18.0. The molecular formula is C49H48Cl2Zr-2. The normalized spacial score (nSPS) is 11.5. The quantitative estimate of drug-likeness (QED) is 0.177. The Kier molecular flexibility index (Phi) is 14.3. The van der Waals surface area contributed by atoms with Crippen LogP contribution in [0.5, 0.6) is 0 Å². The summed E-state index contributed by atoms with van der Waals surface area (Å²) < 4.78 is 1.59. The molecule has 1 aliphatic rings. The van der Waals surface area contributed by atoms with Crippen LogP contribution in [0.1, 0.15) is 74.9 Å². The van der Waals surface area contributed by atoms with Gasteiger partial charge in [-0.15, -0.1) is 11.1 Å². The summed E-state index contributed by atoms with van der Waals surface area (Å²) in [5, 5.41) is 5.45. The molecule has 7 aromatic rings. The summed E-state index contributed by atoms with van der Waals surface area (Å²) in [6, 6.07) is 55.9. The van der Waals surface area contributed by atoms with Crippen LogP contribution in [0.3, 0.4) is 0 Å². The van der Waals surface area contributed by atoms with Crippen molar-refractivity contribution in [2.75, 3.05) is 0 Å². The Morgan fingerprint density at radius 2 is 1.12 bits per heavy atom. The number of rotatable bonds is 4. The minimum absolute atomic E-state index is 0. The molecule has 264 valence electrons. The van der Waals surface area contributed by atoms with Gasteiger partial charge in [0, 0.05) is 0 Å². The Labute approximate surface area is 339 Å². The maximum absolute atomic E-state index is 3.67. The van der Waals surface area contributed by atoms with Crippen LogP contribution < -0.4 is 24.8 Å². The molecule has 0 bridgehead atoms. The van der Waals surface area contributed by atoms with E-state index in [9.17, 15) is 0 Å². The third-order valence-corrected chi connectivity index (χ3v) is 10.5. The van der Waals surface area contributed by atoms with E-state index in [1.807, 2.05) is 30.3 Å². The average Bonchev–Trinajstić information content (AvgIpc) is 3.80. The first kappa shape index (κ1) is 41.3. The molecule has 0 nitrogen and oxygen atoms in total. The van der Waals surface area contributed by atoms with Gasteiger partial charge in [-0.3, -0.25) is 0 Å². The molecule has 0 spiro atoms. The second-order valence-electron chi connectivity index (χ2n) is 15.5. The fourth-order valence-electron chi connectivity index (χ4n) is 6.76. The van der Waals surface area contributed by atoms with Crippen LogP contribution in [-0.4, -0.2) is 3.21 Å². The molecule has 0 amide bonds. The van der Waals surface area contributed by atoms with Crippen molar-refractivity contribution in [3.05, 3.63) is 185 Å². The van der Waals surface area contributed by atoms with Crippen molar-refractivity contribution in [1.82, 2.24) is 0 Å². The van der Waals surface area contributed by atoms with Crippen LogP contribution in [-0.2, 0) is 54.3 Å². The molecule has 1 aliphatic carbocycles. The molecule has 0 radical (unpaired) electrons. The molecule has 0 saturated carbocycles. The maximum Gasteiger partial charge on any atom is -0.172 e. The molecular weight excluding hydrogens is 751 g/mol. The molecule has 0 aliphatic heterocycles. The van der Waals surface area contributed by atoms with Crippen molar-refractivity contribution >= 4 is 24.8 Å². The van der Waals surface area contributed by atoms with Crippen molar-refractivity contribution in [3.8, 4) is 11.1 Å². The van der Waals surface area contributed by atoms with Gasteiger partial charge in [-0.05, 0) is 28.4 Å². The number of hydrogen-bond acceptors (Lipinski definition) is 0. The second-order valence-corrected chi connectivity index (χ2v) is 17.2. The fourth-order valence-corrected chi connectivity index (χ4v) is 7.70. The molecule has 0 N–H and O–H groups in total. The average molecular weight is 799 g/mol. The van der Waals surface area contributed by atoms with E-state index in [4.69, 9.17) is 0 Å². The van der Waals surface area contributed by atoms with Crippen molar-refractivity contribution in [3.63, 3.8) is 0 Å². The van der Waals surface area contributed by atoms with Gasteiger partial charge in [-0.2, -0.15) is 42.0 Å². The third-order valence-electron chi connectivity index (χ3n) is 9.59. The van der Waals surface area contributed by atoms with Crippen LogP contribution >= 0.6 is 0 Å². The van der Waals surface area contributed by atoms with Crippen molar-refractivity contribution in [2.45, 2.75) is 71.6 Å². The van der Waals surface area contributed by atoms with Gasteiger partial charge < -0.3 is 24.8 Å². The molecule has 0 unspecified atom stereocenters. The minimum atomic E-state index is 0. The Morgan fingerprint density at radius 1 is 0.596 bits per heavy atom. The largest absolute Gasteiger partial charge is 0.214 e. The molecule has 0 atom stereocenters. The number of hydrogen-bond donors (Lipinski definition) is 0. The molecule has 3 heteroatoms. The summed E-state index contributed by atoms with van der Waals surface area (Å²) in [6.07, 6.45) is 3.17. The molecule has 7 aromatic carbocycles. The Bertz CT molecular complexity index is 2060. The van der Waals surface area contributed by atoms with Crippen molar-refractivity contribution in [1.29, 1.82) is 0 Å². The standard InChI is InChI=1S/C23H18.C21H25.C5H5.2ClH.Zr/c1-3-16-22-18(8-1)10-5-12-20(22)14-7-15-21-13-6-11-19-9-2-4-17-23(19)21;1-20(2,3)16-7-9-18-14(12-16)11-15-13-17(21(4,5)6)8-10-19(15)18;1-2-4-5-3-1;;;/h1-6,8-13,16-17H,14-15H2;7-10,12H,11H2,1-6H3;1-5H;2*1H;/q;2*-1;;;+2/p-2. The number of benzene rings is 6. The molecule has 52 heavy (non-hydrogen) atoms. The molecule has 0 fully saturated rings. The van der Waals surface area contributed by atoms with Gasteiger partial charge in [0.25, 0.3) is 0 Å². The number of fused-ring (bicyclic) bond motifs is 5. The predicted octanol–water partition coefficient (Wildman–Crippen LogP) is 6.56. The van der Waals surface area contributed by atoms with Crippen LogP contribution in [0, 0.1) is 6.07 Å². The van der Waals surface area contributed by atoms with Crippen LogP contribution in [0.25, 0.3) is 32.7 Å². The Morgan fingerprint density at radius 3 is 1.62 bits per heavy atom. The van der Waals surface area contributed by atoms with Gasteiger partial charge in [-0.1, -0.05) is 65.3 Å². The van der Waals surface area contributed by atoms with E-state index in [2.05, 4.69) is 163 Å².